The summed E-state index contributed by atoms with van der Waals surface area (Å²) >= 11 is 0. The lowest BCUT2D eigenvalue weighted by molar-refractivity contribution is -0.137. The van der Waals surface area contributed by atoms with Gasteiger partial charge in [-0.3, -0.25) is 4.79 Å². The molecule has 4 aliphatic rings. The number of likely N-dealkylation sites (tertiary alicyclic amines) is 1. The summed E-state index contributed by atoms with van der Waals surface area (Å²) in [5, 5.41) is 3.71. The number of benzene rings is 1. The molecule has 0 unspecified atom stereocenters. The van der Waals surface area contributed by atoms with Gasteiger partial charge < -0.3 is 30.3 Å². The molecule has 8 nitrogen and oxygen atoms in total. The quantitative estimate of drug-likeness (QED) is 0.206. The molecule has 42 heavy (non-hydrogen) atoms. The van der Waals surface area contributed by atoms with E-state index in [1.54, 1.807) is 13.2 Å². The number of carbonyl (C=O) groups excluding carboxylic acids is 1. The first-order valence-electron chi connectivity index (χ1n) is 14.9. The zero-order chi connectivity index (χ0) is 30.0. The Morgan fingerprint density at radius 2 is 1.86 bits per heavy atom. The molecule has 3 N–H and O–H groups in total. The number of amides is 1. The average molecular weight is 590 g/mol. The number of nitrogens with zero attached hydrogens (tertiary/aromatic N) is 3. The van der Waals surface area contributed by atoms with Gasteiger partial charge in [0.2, 0.25) is 0 Å². The normalized spacial score (nSPS) is 24.7. The van der Waals surface area contributed by atoms with Gasteiger partial charge in [0.1, 0.15) is 11.5 Å². The molecule has 1 aromatic rings. The summed E-state index contributed by atoms with van der Waals surface area (Å²) < 4.78 is 51.2. The Kier molecular flexibility index (Phi) is 9.29. The number of carbonyl (C=O) groups is 1. The Morgan fingerprint density at radius 1 is 1.12 bits per heavy atom. The third-order valence-electron chi connectivity index (χ3n) is 8.99. The van der Waals surface area contributed by atoms with E-state index in [9.17, 15) is 18.0 Å². The monoisotopic (exact) mass is 589 g/mol. The van der Waals surface area contributed by atoms with Crippen molar-refractivity contribution in [2.75, 3.05) is 40.0 Å². The molecule has 0 radical (unpaired) electrons. The second kappa shape index (κ2) is 12.8. The van der Waals surface area contributed by atoms with Crippen LogP contribution in [0.1, 0.15) is 55.7 Å². The molecule has 11 heteroatoms. The minimum absolute atomic E-state index is 0.0168. The van der Waals surface area contributed by atoms with Crippen LogP contribution in [0.15, 0.2) is 46.7 Å². The molecule has 0 aromatic heterocycles. The number of allylic oxidation sites excluding steroid dienone is 1. The fraction of sp³-hybridized carbons (Fsp3) is 0.613. The third kappa shape index (κ3) is 7.01. The van der Waals surface area contributed by atoms with E-state index in [1.165, 1.54) is 6.07 Å². The van der Waals surface area contributed by atoms with Crippen LogP contribution in [-0.2, 0) is 33.4 Å². The van der Waals surface area contributed by atoms with Crippen LogP contribution in [0.5, 0.6) is 0 Å². The van der Waals surface area contributed by atoms with Crippen LogP contribution < -0.4 is 11.1 Å². The van der Waals surface area contributed by atoms with E-state index in [0.717, 1.165) is 43.7 Å². The molecule has 5 rings (SSSR count). The van der Waals surface area contributed by atoms with E-state index < -0.39 is 11.7 Å². The number of hydrogen-bond acceptors (Lipinski definition) is 6. The lowest BCUT2D eigenvalue weighted by atomic mass is 9.96. The SMILES string of the molecule is C=C(/C(C)=C(\N=C(/N)C1CC1)C(=O)N1CCC(N[C@@H]2CCOC[C@@H]2OC)CC1)N1CCc2ccc(C(F)(F)F)cc2C1. The molecular formula is C31H42F3N5O3. The van der Waals surface area contributed by atoms with Gasteiger partial charge in [0.25, 0.3) is 5.91 Å². The first kappa shape index (κ1) is 30.6. The largest absolute Gasteiger partial charge is 0.416 e. The average Bonchev–Trinajstić information content (AvgIpc) is 3.84. The smallest absolute Gasteiger partial charge is 0.387 e. The topological polar surface area (TPSA) is 92.4 Å². The molecule has 1 aliphatic carbocycles. The Bertz CT molecular complexity index is 1230. The maximum atomic E-state index is 13.9. The number of fused-ring (bicyclic) bond motifs is 1. The van der Waals surface area contributed by atoms with Crippen molar-refractivity contribution in [2.24, 2.45) is 16.6 Å². The van der Waals surface area contributed by atoms with Gasteiger partial charge in [0, 0.05) is 69.2 Å². The summed E-state index contributed by atoms with van der Waals surface area (Å²) in [6.45, 7) is 9.39. The van der Waals surface area contributed by atoms with Crippen molar-refractivity contribution in [1.29, 1.82) is 0 Å². The molecule has 0 bridgehead atoms. The standard InChI is InChI=1S/C31H42F3N5O3/c1-19(20(2)39-12-8-21-6-7-24(31(32,33)34)16-23(21)17-39)28(37-29(35)22-4-5-22)30(40)38-13-9-25(10-14-38)36-26-11-15-42-18-27(26)41-3/h6-7,16,22,25-27,36H,2,4-5,8-15,17-18H2,1,3H3,(H2,35,37)/b28-19-/t26-,27+/m1/s1. The molecule has 3 heterocycles. The Balaban J connectivity index is 1.30. The highest BCUT2D eigenvalue weighted by Crippen LogP contribution is 2.34. The number of alkyl halides is 3. The highest BCUT2D eigenvalue weighted by molar-refractivity contribution is 5.98. The van der Waals surface area contributed by atoms with Crippen molar-refractivity contribution in [3.63, 3.8) is 0 Å². The van der Waals surface area contributed by atoms with Gasteiger partial charge in [-0.05, 0) is 68.7 Å². The Hall–Kier alpha value is -2.89. The van der Waals surface area contributed by atoms with Crippen molar-refractivity contribution in [1.82, 2.24) is 15.1 Å². The van der Waals surface area contributed by atoms with E-state index in [0.29, 0.717) is 61.9 Å². The van der Waals surface area contributed by atoms with Crippen molar-refractivity contribution in [3.05, 3.63) is 58.4 Å². The summed E-state index contributed by atoms with van der Waals surface area (Å²) in [5.41, 5.74) is 8.61. The third-order valence-corrected chi connectivity index (χ3v) is 8.99. The molecule has 230 valence electrons. The first-order valence-corrected chi connectivity index (χ1v) is 14.9. The van der Waals surface area contributed by atoms with Crippen molar-refractivity contribution in [2.45, 2.75) is 76.4 Å². The van der Waals surface area contributed by atoms with Crippen LogP contribution in [0.25, 0.3) is 0 Å². The molecule has 3 fully saturated rings. The second-order valence-electron chi connectivity index (χ2n) is 11.9. The van der Waals surface area contributed by atoms with E-state index in [4.69, 9.17) is 15.2 Å². The van der Waals surface area contributed by atoms with Gasteiger partial charge in [-0.2, -0.15) is 13.2 Å². The van der Waals surface area contributed by atoms with Crippen LogP contribution in [0.4, 0.5) is 13.2 Å². The van der Waals surface area contributed by atoms with E-state index >= 15 is 0 Å². The molecule has 1 saturated carbocycles. The van der Waals surface area contributed by atoms with Crippen molar-refractivity contribution < 1.29 is 27.4 Å². The number of amidine groups is 1. The van der Waals surface area contributed by atoms with Gasteiger partial charge in [-0.25, -0.2) is 4.99 Å². The number of rotatable bonds is 8. The fourth-order valence-electron chi connectivity index (χ4n) is 6.07. The summed E-state index contributed by atoms with van der Waals surface area (Å²) in [6.07, 6.45) is 0.604. The van der Waals surface area contributed by atoms with Crippen LogP contribution in [0, 0.1) is 5.92 Å². The molecule has 2 atom stereocenters. The summed E-state index contributed by atoms with van der Waals surface area (Å²) in [7, 11) is 1.70. The molecule has 1 aromatic carbocycles. The predicted molar refractivity (Wildman–Crippen MR) is 155 cm³/mol. The predicted octanol–water partition coefficient (Wildman–Crippen LogP) is 4.00. The lowest BCUT2D eigenvalue weighted by Gasteiger charge is -2.38. The highest BCUT2D eigenvalue weighted by Gasteiger charge is 2.34. The number of methoxy groups -OCH3 is 1. The second-order valence-corrected chi connectivity index (χ2v) is 11.9. The molecule has 0 spiro atoms. The Labute approximate surface area is 245 Å². The first-order chi connectivity index (χ1) is 20.0. The number of ether oxygens (including phenoxy) is 2. The maximum absolute atomic E-state index is 13.9. The summed E-state index contributed by atoms with van der Waals surface area (Å²) in [5.74, 6) is 0.443. The molecular weight excluding hydrogens is 547 g/mol. The molecule has 3 aliphatic heterocycles. The maximum Gasteiger partial charge on any atom is 0.416 e. The highest BCUT2D eigenvalue weighted by atomic mass is 19.4. The minimum Gasteiger partial charge on any atom is -0.387 e. The van der Waals surface area contributed by atoms with Crippen LogP contribution in [0.3, 0.4) is 0 Å². The lowest BCUT2D eigenvalue weighted by Crippen LogP contribution is -2.54. The van der Waals surface area contributed by atoms with Crippen molar-refractivity contribution >= 4 is 11.7 Å². The summed E-state index contributed by atoms with van der Waals surface area (Å²) in [4.78, 5) is 22.3. The Morgan fingerprint density at radius 3 is 2.52 bits per heavy atom. The van der Waals surface area contributed by atoms with Crippen LogP contribution >= 0.6 is 0 Å². The van der Waals surface area contributed by atoms with Crippen molar-refractivity contribution in [3.8, 4) is 0 Å². The summed E-state index contributed by atoms with van der Waals surface area (Å²) in [6, 6.07) is 4.41. The van der Waals surface area contributed by atoms with Gasteiger partial charge in [-0.15, -0.1) is 0 Å². The number of hydrogen-bond donors (Lipinski definition) is 2. The number of nitrogens with two attached hydrogens (primary N) is 1. The fourth-order valence-corrected chi connectivity index (χ4v) is 6.07. The minimum atomic E-state index is -4.40. The number of nitrogens with one attached hydrogen (secondary N) is 1. The number of piperidine rings is 1. The molecule has 2 saturated heterocycles. The van der Waals surface area contributed by atoms with E-state index in [1.807, 2.05) is 16.7 Å². The van der Waals surface area contributed by atoms with Crippen LogP contribution in [0.2, 0.25) is 0 Å². The van der Waals surface area contributed by atoms with Gasteiger partial charge in [0.05, 0.1) is 18.3 Å². The van der Waals surface area contributed by atoms with Gasteiger partial charge >= 0.3 is 6.18 Å². The van der Waals surface area contributed by atoms with Crippen LogP contribution in [-0.4, -0.2) is 79.7 Å². The molecule has 1 amide bonds. The number of aliphatic imine (C=N–C) groups is 1. The zero-order valence-electron chi connectivity index (χ0n) is 24.5. The van der Waals surface area contributed by atoms with E-state index in [-0.39, 0.29) is 42.3 Å². The van der Waals surface area contributed by atoms with Gasteiger partial charge in [0.15, 0.2) is 0 Å². The number of halogens is 3. The van der Waals surface area contributed by atoms with E-state index in [2.05, 4.69) is 16.9 Å². The van der Waals surface area contributed by atoms with Gasteiger partial charge in [-0.1, -0.05) is 12.6 Å². The zero-order valence-corrected chi connectivity index (χ0v) is 24.5.